The van der Waals surface area contributed by atoms with Gasteiger partial charge in [-0.05, 0) is 30.9 Å². The lowest BCUT2D eigenvalue weighted by Gasteiger charge is -2.30. The molecule has 0 saturated carbocycles. The molecule has 6 nitrogen and oxygen atoms in total. The summed E-state index contributed by atoms with van der Waals surface area (Å²) in [6.45, 7) is 1.61. The minimum absolute atomic E-state index is 0.0294. The summed E-state index contributed by atoms with van der Waals surface area (Å²) in [6, 6.07) is 3.73. The van der Waals surface area contributed by atoms with Crippen LogP contribution in [0.3, 0.4) is 0 Å². The van der Waals surface area contributed by atoms with Gasteiger partial charge in [-0.15, -0.1) is 11.8 Å². The Morgan fingerprint density at radius 1 is 1.45 bits per heavy atom. The van der Waals surface area contributed by atoms with Gasteiger partial charge in [0.15, 0.2) is 0 Å². The molecule has 1 N–H and O–H groups in total. The molecule has 0 spiro atoms. The van der Waals surface area contributed by atoms with Crippen molar-refractivity contribution in [2.45, 2.75) is 17.7 Å². The first-order valence-electron chi connectivity index (χ1n) is 7.20. The van der Waals surface area contributed by atoms with Gasteiger partial charge >= 0.3 is 0 Å². The van der Waals surface area contributed by atoms with Gasteiger partial charge in [0.2, 0.25) is 15.9 Å². The number of pyridine rings is 1. The number of carbonyl (C=O) groups excluding carboxylic acids is 1. The average molecular weight is 343 g/mol. The number of nitrogens with one attached hydrogen (secondary N) is 1. The van der Waals surface area contributed by atoms with Gasteiger partial charge in [-0.2, -0.15) is 0 Å². The van der Waals surface area contributed by atoms with Crippen LogP contribution in [0.25, 0.3) is 0 Å². The average Bonchev–Trinajstić information content (AvgIpc) is 2.51. The van der Waals surface area contributed by atoms with Crippen LogP contribution < -0.4 is 5.32 Å². The number of carbonyl (C=O) groups is 1. The fourth-order valence-corrected chi connectivity index (χ4v) is 4.04. The van der Waals surface area contributed by atoms with Crippen molar-refractivity contribution in [3.05, 3.63) is 24.5 Å². The van der Waals surface area contributed by atoms with Crippen LogP contribution in [0, 0.1) is 5.92 Å². The second-order valence-corrected chi connectivity index (χ2v) is 8.44. The third kappa shape index (κ3) is 5.58. The van der Waals surface area contributed by atoms with Crippen molar-refractivity contribution in [1.29, 1.82) is 0 Å². The van der Waals surface area contributed by atoms with E-state index in [9.17, 15) is 13.2 Å². The largest absolute Gasteiger partial charge is 0.355 e. The Kier molecular flexibility index (Phi) is 6.22. The molecule has 0 bridgehead atoms. The second-order valence-electron chi connectivity index (χ2n) is 5.40. The Labute approximate surface area is 135 Å². The highest BCUT2D eigenvalue weighted by atomic mass is 32.2. The number of sulfonamides is 1. The summed E-state index contributed by atoms with van der Waals surface area (Å²) in [5, 5.41) is 2.90. The fraction of sp³-hybridized carbons (Fsp3) is 0.571. The lowest BCUT2D eigenvalue weighted by molar-refractivity contribution is -0.118. The molecular weight excluding hydrogens is 322 g/mol. The Morgan fingerprint density at radius 2 is 2.18 bits per heavy atom. The monoisotopic (exact) mass is 343 g/mol. The molecule has 2 heterocycles. The molecule has 1 aromatic rings. The van der Waals surface area contributed by atoms with Gasteiger partial charge in [0.05, 0.1) is 12.0 Å². The van der Waals surface area contributed by atoms with Gasteiger partial charge in [0, 0.05) is 36.9 Å². The van der Waals surface area contributed by atoms with Gasteiger partial charge in [-0.3, -0.25) is 9.78 Å². The maximum absolute atomic E-state index is 11.9. The molecule has 2 rings (SSSR count). The number of rotatable bonds is 6. The van der Waals surface area contributed by atoms with E-state index in [-0.39, 0.29) is 11.8 Å². The topological polar surface area (TPSA) is 79.4 Å². The molecule has 1 aliphatic heterocycles. The van der Waals surface area contributed by atoms with Crippen molar-refractivity contribution >= 4 is 27.7 Å². The summed E-state index contributed by atoms with van der Waals surface area (Å²) >= 11 is 1.46. The fourth-order valence-electron chi connectivity index (χ4n) is 2.39. The van der Waals surface area contributed by atoms with Crippen LogP contribution in [0.4, 0.5) is 0 Å². The van der Waals surface area contributed by atoms with Crippen LogP contribution in [-0.2, 0) is 14.8 Å². The first kappa shape index (κ1) is 17.2. The zero-order chi connectivity index (χ0) is 16.0. The van der Waals surface area contributed by atoms with E-state index in [0.717, 1.165) is 17.7 Å². The quantitative estimate of drug-likeness (QED) is 0.779. The lowest BCUT2D eigenvalue weighted by Crippen LogP contribution is -2.43. The van der Waals surface area contributed by atoms with E-state index in [1.807, 2.05) is 12.1 Å². The molecule has 1 atom stereocenters. The Balaban J connectivity index is 1.72. The Hall–Kier alpha value is -1.12. The molecule has 1 fully saturated rings. The molecule has 122 valence electrons. The minimum atomic E-state index is -3.13. The van der Waals surface area contributed by atoms with Gasteiger partial charge in [0.1, 0.15) is 0 Å². The summed E-state index contributed by atoms with van der Waals surface area (Å²) < 4.78 is 24.6. The molecule has 0 radical (unpaired) electrons. The molecule has 1 aliphatic rings. The van der Waals surface area contributed by atoms with Crippen LogP contribution >= 0.6 is 11.8 Å². The van der Waals surface area contributed by atoms with Crippen molar-refractivity contribution in [1.82, 2.24) is 14.6 Å². The summed E-state index contributed by atoms with van der Waals surface area (Å²) in [4.78, 5) is 16.8. The molecule has 0 aliphatic carbocycles. The van der Waals surface area contributed by atoms with E-state index >= 15 is 0 Å². The number of amides is 1. The molecule has 22 heavy (non-hydrogen) atoms. The highest BCUT2D eigenvalue weighted by Gasteiger charge is 2.25. The summed E-state index contributed by atoms with van der Waals surface area (Å²) in [7, 11) is -3.13. The van der Waals surface area contributed by atoms with Crippen LogP contribution in [0.15, 0.2) is 29.4 Å². The van der Waals surface area contributed by atoms with Crippen LogP contribution in [0.2, 0.25) is 0 Å². The van der Waals surface area contributed by atoms with E-state index in [0.29, 0.717) is 25.4 Å². The maximum Gasteiger partial charge on any atom is 0.230 e. The third-order valence-electron chi connectivity index (χ3n) is 3.56. The van der Waals surface area contributed by atoms with Gasteiger partial charge in [-0.25, -0.2) is 12.7 Å². The van der Waals surface area contributed by atoms with Crippen molar-refractivity contribution in [2.24, 2.45) is 5.92 Å². The molecular formula is C14H21N3O3S2. The molecule has 0 unspecified atom stereocenters. The third-order valence-corrected chi connectivity index (χ3v) is 5.84. The first-order valence-corrected chi connectivity index (χ1v) is 10.0. The molecule has 1 aromatic heterocycles. The van der Waals surface area contributed by atoms with Gasteiger partial charge in [0.25, 0.3) is 0 Å². The number of aromatic nitrogens is 1. The van der Waals surface area contributed by atoms with Crippen molar-refractivity contribution in [3.63, 3.8) is 0 Å². The predicted molar refractivity (Wildman–Crippen MR) is 87.1 cm³/mol. The SMILES string of the molecule is CS(=O)(=O)N1CCC[C@H](CNC(=O)CSc2ccncc2)C1. The number of hydrogen-bond acceptors (Lipinski definition) is 5. The van der Waals surface area contributed by atoms with Crippen molar-refractivity contribution in [3.8, 4) is 0 Å². The van der Waals surface area contributed by atoms with E-state index < -0.39 is 10.0 Å². The van der Waals surface area contributed by atoms with Crippen LogP contribution in [-0.4, -0.2) is 55.3 Å². The van der Waals surface area contributed by atoms with Crippen molar-refractivity contribution in [2.75, 3.05) is 31.6 Å². The van der Waals surface area contributed by atoms with Crippen LogP contribution in [0.1, 0.15) is 12.8 Å². The Morgan fingerprint density at radius 3 is 2.86 bits per heavy atom. The number of piperidine rings is 1. The van der Waals surface area contributed by atoms with E-state index in [4.69, 9.17) is 0 Å². The van der Waals surface area contributed by atoms with Gasteiger partial charge in [-0.1, -0.05) is 0 Å². The lowest BCUT2D eigenvalue weighted by atomic mass is 10.00. The number of hydrogen-bond donors (Lipinski definition) is 1. The Bertz CT molecular complexity index is 593. The molecule has 1 saturated heterocycles. The van der Waals surface area contributed by atoms with E-state index in [1.54, 1.807) is 12.4 Å². The smallest absolute Gasteiger partial charge is 0.230 e. The summed E-state index contributed by atoms with van der Waals surface area (Å²) in [5.41, 5.74) is 0. The molecule has 1 amide bonds. The standard InChI is InChI=1S/C14H21N3O3S2/c1-22(19,20)17-8-2-3-12(10-17)9-16-14(18)11-21-13-4-6-15-7-5-13/h4-7,12H,2-3,8-11H2,1H3,(H,16,18)/t12-/m1/s1. The predicted octanol–water partition coefficient (Wildman–Crippen LogP) is 0.961. The van der Waals surface area contributed by atoms with E-state index in [1.165, 1.54) is 22.3 Å². The summed E-state index contributed by atoms with van der Waals surface area (Å²) in [5.74, 6) is 0.517. The first-order chi connectivity index (χ1) is 10.4. The minimum Gasteiger partial charge on any atom is -0.355 e. The highest BCUT2D eigenvalue weighted by Crippen LogP contribution is 2.18. The number of thioether (sulfide) groups is 1. The van der Waals surface area contributed by atoms with E-state index in [2.05, 4.69) is 10.3 Å². The summed E-state index contributed by atoms with van der Waals surface area (Å²) in [6.07, 6.45) is 6.42. The maximum atomic E-state index is 11.9. The zero-order valence-corrected chi connectivity index (χ0v) is 14.2. The normalized spacial score (nSPS) is 19.8. The highest BCUT2D eigenvalue weighted by molar-refractivity contribution is 8.00. The molecule has 8 heteroatoms. The van der Waals surface area contributed by atoms with Crippen molar-refractivity contribution < 1.29 is 13.2 Å². The van der Waals surface area contributed by atoms with Gasteiger partial charge < -0.3 is 5.32 Å². The zero-order valence-electron chi connectivity index (χ0n) is 12.6. The van der Waals surface area contributed by atoms with Crippen LogP contribution in [0.5, 0.6) is 0 Å². The molecule has 0 aromatic carbocycles. The second kappa shape index (κ2) is 7.94. The number of nitrogens with zero attached hydrogens (tertiary/aromatic N) is 2.